The van der Waals surface area contributed by atoms with Crippen LogP contribution in [0.5, 0.6) is 0 Å². The van der Waals surface area contributed by atoms with Gasteiger partial charge in [-0.25, -0.2) is 23.4 Å². The number of halogens is 3. The summed E-state index contributed by atoms with van der Waals surface area (Å²) in [5.74, 6) is 0.679. The molecule has 2 fully saturated rings. The van der Waals surface area contributed by atoms with E-state index in [4.69, 9.17) is 10.5 Å². The summed E-state index contributed by atoms with van der Waals surface area (Å²) < 4.78 is 73.0. The number of aromatic nitrogens is 3. The summed E-state index contributed by atoms with van der Waals surface area (Å²) in [4.78, 5) is 14.0. The van der Waals surface area contributed by atoms with E-state index in [9.17, 15) is 26.7 Å². The number of rotatable bonds is 6. The predicted molar refractivity (Wildman–Crippen MR) is 124 cm³/mol. The highest BCUT2D eigenvalue weighted by atomic mass is 32.2. The molecule has 14 heteroatoms. The summed E-state index contributed by atoms with van der Waals surface area (Å²) in [7, 11) is -3.84. The summed E-state index contributed by atoms with van der Waals surface area (Å²) in [5.41, 5.74) is 2.02. The van der Waals surface area contributed by atoms with Gasteiger partial charge < -0.3 is 20.5 Å². The minimum Gasteiger partial charge on any atom is -0.384 e. The Balaban J connectivity index is 1.59. The number of aliphatic hydroxyl groups is 1. The maximum Gasteiger partial charge on any atom is 0.421 e. The van der Waals surface area contributed by atoms with E-state index >= 15 is 0 Å². The van der Waals surface area contributed by atoms with Crippen molar-refractivity contribution in [3.05, 3.63) is 36.3 Å². The van der Waals surface area contributed by atoms with Gasteiger partial charge in [-0.3, -0.25) is 0 Å². The Morgan fingerprint density at radius 2 is 1.78 bits per heavy atom. The van der Waals surface area contributed by atoms with E-state index in [2.05, 4.69) is 15.0 Å². The molecule has 36 heavy (non-hydrogen) atoms. The van der Waals surface area contributed by atoms with Crippen LogP contribution in [-0.2, 0) is 20.4 Å². The van der Waals surface area contributed by atoms with Crippen molar-refractivity contribution in [1.82, 2.24) is 19.3 Å². The van der Waals surface area contributed by atoms with Gasteiger partial charge in [-0.05, 0) is 44.2 Å². The molecule has 0 radical (unpaired) electrons. The van der Waals surface area contributed by atoms with Gasteiger partial charge in [0.05, 0.1) is 0 Å². The van der Waals surface area contributed by atoms with Gasteiger partial charge in [0, 0.05) is 63.0 Å². The number of alkyl halides is 3. The zero-order valence-electron chi connectivity index (χ0n) is 19.7. The number of nitrogens with two attached hydrogens (primary N) is 1. The number of pyridine rings is 1. The second-order valence-electron chi connectivity index (χ2n) is 9.26. The molecule has 10 nitrogen and oxygen atoms in total. The van der Waals surface area contributed by atoms with Crippen molar-refractivity contribution in [1.29, 1.82) is 0 Å². The molecule has 2 saturated heterocycles. The van der Waals surface area contributed by atoms with E-state index in [0.717, 1.165) is 25.2 Å². The highest BCUT2D eigenvalue weighted by Gasteiger charge is 2.51. The van der Waals surface area contributed by atoms with Gasteiger partial charge in [0.2, 0.25) is 16.0 Å². The van der Waals surface area contributed by atoms with Crippen molar-refractivity contribution in [2.75, 3.05) is 43.5 Å². The minimum atomic E-state index is -4.89. The van der Waals surface area contributed by atoms with Crippen LogP contribution in [0.15, 0.2) is 35.6 Å². The Kier molecular flexibility index (Phi) is 7.42. The highest BCUT2D eigenvalue weighted by Crippen LogP contribution is 2.38. The summed E-state index contributed by atoms with van der Waals surface area (Å²) in [6.07, 6.45) is 0.551. The van der Waals surface area contributed by atoms with Gasteiger partial charge in [0.15, 0.2) is 5.60 Å². The Hall–Kier alpha value is -2.55. The third-order valence-electron chi connectivity index (χ3n) is 6.80. The molecule has 2 aliphatic heterocycles. The molecule has 198 valence electrons. The van der Waals surface area contributed by atoms with Crippen LogP contribution in [0.2, 0.25) is 0 Å². The Morgan fingerprint density at radius 1 is 1.11 bits per heavy atom. The van der Waals surface area contributed by atoms with Gasteiger partial charge in [0.1, 0.15) is 10.7 Å². The summed E-state index contributed by atoms with van der Waals surface area (Å²) in [6, 6.07) is 2.52. The zero-order valence-corrected chi connectivity index (χ0v) is 20.5. The highest BCUT2D eigenvalue weighted by molar-refractivity contribution is 7.89. The normalized spacial score (nSPS) is 22.4. The first-order valence-corrected chi connectivity index (χ1v) is 13.0. The smallest absolute Gasteiger partial charge is 0.384 e. The fraction of sp³-hybridized carbons (Fsp3) is 0.591. The third-order valence-corrected chi connectivity index (χ3v) is 8.65. The quantitative estimate of drug-likeness (QED) is 0.574. The molecule has 4 rings (SSSR count). The van der Waals surface area contributed by atoms with E-state index in [0.29, 0.717) is 26.6 Å². The van der Waals surface area contributed by atoms with Crippen molar-refractivity contribution in [2.45, 2.75) is 48.9 Å². The average Bonchev–Trinajstić information content (AvgIpc) is 2.84. The van der Waals surface area contributed by atoms with Crippen LogP contribution >= 0.6 is 0 Å². The first-order valence-electron chi connectivity index (χ1n) is 11.6. The topological polar surface area (TPSA) is 135 Å². The first kappa shape index (κ1) is 26.5. The van der Waals surface area contributed by atoms with Gasteiger partial charge in [-0.1, -0.05) is 0 Å². The van der Waals surface area contributed by atoms with Gasteiger partial charge in [-0.2, -0.15) is 17.5 Å². The lowest BCUT2D eigenvalue weighted by molar-refractivity contribution is -0.259. The van der Waals surface area contributed by atoms with Gasteiger partial charge in [0.25, 0.3) is 0 Å². The van der Waals surface area contributed by atoms with Crippen LogP contribution in [0.1, 0.15) is 31.7 Å². The summed E-state index contributed by atoms with van der Waals surface area (Å²) >= 11 is 0. The van der Waals surface area contributed by atoms with Crippen LogP contribution in [0, 0.1) is 5.92 Å². The molecular weight excluding hydrogens is 501 g/mol. The fourth-order valence-electron chi connectivity index (χ4n) is 4.45. The Labute approximate surface area is 207 Å². The van der Waals surface area contributed by atoms with Gasteiger partial charge >= 0.3 is 6.18 Å². The number of anilines is 2. The van der Waals surface area contributed by atoms with E-state index in [1.165, 1.54) is 22.6 Å². The number of hydrogen-bond acceptors (Lipinski definition) is 9. The second-order valence-corrected chi connectivity index (χ2v) is 11.2. The van der Waals surface area contributed by atoms with Crippen LogP contribution < -0.4 is 10.6 Å². The lowest BCUT2D eigenvalue weighted by Gasteiger charge is -2.42. The molecule has 0 aliphatic carbocycles. The molecule has 0 bridgehead atoms. The number of hydrogen-bond donors (Lipinski definition) is 2. The molecular formula is C22H29F3N6O4S. The van der Waals surface area contributed by atoms with Crippen LogP contribution in [0.3, 0.4) is 0 Å². The predicted octanol–water partition coefficient (Wildman–Crippen LogP) is 1.92. The lowest BCUT2D eigenvalue weighted by Crippen LogP contribution is -2.56. The standard InChI is InChI=1S/C22H29F3N6O4S/c1-21(32,22(23,24)25)16-11-28-20(29-12-16)31-7-6-30(14-17(31)10-15-4-8-35-9-5-15)36(33,34)18-2-3-19(26)27-13-18/h2-3,11-13,15,17,32H,4-10,14H2,1H3,(H2,26,27)/t17-,21+/m0/s1. The third kappa shape index (κ3) is 5.41. The zero-order chi connectivity index (χ0) is 26.1. The van der Waals surface area contributed by atoms with E-state index in [1.807, 2.05) is 4.90 Å². The van der Waals surface area contributed by atoms with Crippen LogP contribution in [-0.4, -0.2) is 77.8 Å². The molecule has 0 amide bonds. The van der Waals surface area contributed by atoms with Gasteiger partial charge in [-0.15, -0.1) is 0 Å². The van der Waals surface area contributed by atoms with E-state index < -0.39 is 27.4 Å². The molecule has 2 aromatic rings. The molecule has 2 aromatic heterocycles. The Bertz CT molecular complexity index is 1140. The molecule has 2 aliphatic rings. The maximum atomic E-state index is 13.3. The lowest BCUT2D eigenvalue weighted by atomic mass is 9.91. The van der Waals surface area contributed by atoms with Crippen molar-refractivity contribution in [2.24, 2.45) is 5.92 Å². The Morgan fingerprint density at radius 3 is 2.36 bits per heavy atom. The molecule has 0 aromatic carbocycles. The molecule has 0 saturated carbocycles. The van der Waals surface area contributed by atoms with Crippen molar-refractivity contribution >= 4 is 21.8 Å². The average molecular weight is 531 g/mol. The molecule has 4 heterocycles. The second kappa shape index (κ2) is 10.1. The SMILES string of the molecule is C[C@@](O)(c1cnc(N2CCN(S(=O)(=O)c3ccc(N)nc3)C[C@@H]2CC2CCOCC2)nc1)C(F)(F)F. The monoisotopic (exact) mass is 530 g/mol. The number of piperazine rings is 1. The molecule has 3 N–H and O–H groups in total. The number of nitrogens with zero attached hydrogens (tertiary/aromatic N) is 5. The maximum absolute atomic E-state index is 13.3. The number of sulfonamides is 1. The van der Waals surface area contributed by atoms with E-state index in [-0.39, 0.29) is 48.3 Å². The minimum absolute atomic E-state index is 0.0324. The summed E-state index contributed by atoms with van der Waals surface area (Å²) in [6.45, 7) is 2.40. The van der Waals surface area contributed by atoms with Crippen molar-refractivity contribution in [3.8, 4) is 0 Å². The van der Waals surface area contributed by atoms with Crippen LogP contribution in [0.25, 0.3) is 0 Å². The first-order chi connectivity index (χ1) is 16.9. The molecule has 2 atom stereocenters. The number of nitrogen functional groups attached to an aromatic ring is 1. The summed E-state index contributed by atoms with van der Waals surface area (Å²) in [5, 5.41) is 9.92. The van der Waals surface area contributed by atoms with E-state index in [1.54, 1.807) is 0 Å². The largest absolute Gasteiger partial charge is 0.421 e. The molecule has 0 unspecified atom stereocenters. The van der Waals surface area contributed by atoms with Crippen molar-refractivity contribution < 1.29 is 31.4 Å². The molecule has 0 spiro atoms. The number of ether oxygens (including phenoxy) is 1. The van der Waals surface area contributed by atoms with Crippen molar-refractivity contribution in [3.63, 3.8) is 0 Å². The van der Waals surface area contributed by atoms with Crippen LogP contribution in [0.4, 0.5) is 24.9 Å². The fourth-order valence-corrected chi connectivity index (χ4v) is 5.87.